The average molecular weight is 453 g/mol. The minimum absolute atomic E-state index is 0.0296. The lowest BCUT2D eigenvalue weighted by Crippen LogP contribution is -2.41. The summed E-state index contributed by atoms with van der Waals surface area (Å²) < 4.78 is 5.56. The summed E-state index contributed by atoms with van der Waals surface area (Å²) >= 11 is 0. The molecule has 0 bridgehead atoms. The van der Waals surface area contributed by atoms with Crippen LogP contribution in [0.25, 0.3) is 11.1 Å². The SMILES string of the molecule is CCCC(CNC(=O)C[C@H](CC)NC(=O)OCC1c2ccccc2-c2ccccc21)C(=O)O. The van der Waals surface area contributed by atoms with Gasteiger partial charge in [-0.15, -0.1) is 0 Å². The van der Waals surface area contributed by atoms with E-state index in [2.05, 4.69) is 34.9 Å². The molecule has 2 aromatic carbocycles. The number of carboxylic acid groups (broad SMARTS) is 1. The summed E-state index contributed by atoms with van der Waals surface area (Å²) in [6.45, 7) is 4.07. The zero-order chi connectivity index (χ0) is 23.8. The fourth-order valence-electron chi connectivity index (χ4n) is 4.30. The highest BCUT2D eigenvalue weighted by Crippen LogP contribution is 2.44. The lowest BCUT2D eigenvalue weighted by Gasteiger charge is -2.19. The molecule has 176 valence electrons. The number of aliphatic carboxylic acids is 1. The molecule has 0 radical (unpaired) electrons. The number of hydrogen-bond acceptors (Lipinski definition) is 4. The minimum atomic E-state index is -0.916. The van der Waals surface area contributed by atoms with Crippen LogP contribution >= 0.6 is 0 Å². The molecule has 3 N–H and O–H groups in total. The number of nitrogens with one attached hydrogen (secondary N) is 2. The van der Waals surface area contributed by atoms with Crippen molar-refractivity contribution in [3.05, 3.63) is 59.7 Å². The Balaban J connectivity index is 1.51. The molecule has 33 heavy (non-hydrogen) atoms. The van der Waals surface area contributed by atoms with Crippen molar-refractivity contribution in [3.8, 4) is 11.1 Å². The Morgan fingerprint density at radius 2 is 1.61 bits per heavy atom. The molecule has 0 saturated carbocycles. The van der Waals surface area contributed by atoms with Crippen LogP contribution in [0.3, 0.4) is 0 Å². The van der Waals surface area contributed by atoms with Crippen LogP contribution in [0.1, 0.15) is 56.6 Å². The predicted molar refractivity (Wildman–Crippen MR) is 126 cm³/mol. The van der Waals surface area contributed by atoms with Crippen LogP contribution in [0.15, 0.2) is 48.5 Å². The summed E-state index contributed by atoms with van der Waals surface area (Å²) in [7, 11) is 0. The first-order chi connectivity index (χ1) is 15.9. The van der Waals surface area contributed by atoms with E-state index in [4.69, 9.17) is 4.74 Å². The number of carbonyl (C=O) groups excluding carboxylic acids is 2. The van der Waals surface area contributed by atoms with Crippen LogP contribution < -0.4 is 10.6 Å². The summed E-state index contributed by atoms with van der Waals surface area (Å²) in [6, 6.07) is 15.9. The van der Waals surface area contributed by atoms with Gasteiger partial charge in [-0.25, -0.2) is 4.79 Å². The monoisotopic (exact) mass is 452 g/mol. The fourth-order valence-corrected chi connectivity index (χ4v) is 4.30. The molecular weight excluding hydrogens is 420 g/mol. The summed E-state index contributed by atoms with van der Waals surface area (Å²) in [4.78, 5) is 36.0. The number of ether oxygens (including phenoxy) is 1. The smallest absolute Gasteiger partial charge is 0.407 e. The number of hydrogen-bond donors (Lipinski definition) is 3. The minimum Gasteiger partial charge on any atom is -0.481 e. The maximum atomic E-state index is 12.5. The highest BCUT2D eigenvalue weighted by molar-refractivity contribution is 5.80. The molecule has 2 amide bonds. The van der Waals surface area contributed by atoms with E-state index in [1.54, 1.807) is 0 Å². The van der Waals surface area contributed by atoms with Crippen molar-refractivity contribution < 1.29 is 24.2 Å². The van der Waals surface area contributed by atoms with E-state index in [0.29, 0.717) is 12.8 Å². The quantitative estimate of drug-likeness (QED) is 0.471. The number of carbonyl (C=O) groups is 3. The summed E-state index contributed by atoms with van der Waals surface area (Å²) in [6.07, 6.45) is 1.29. The highest BCUT2D eigenvalue weighted by Gasteiger charge is 2.29. The lowest BCUT2D eigenvalue weighted by molar-refractivity contribution is -0.141. The molecule has 2 aromatic rings. The molecule has 2 atom stereocenters. The van der Waals surface area contributed by atoms with Gasteiger partial charge < -0.3 is 20.5 Å². The van der Waals surface area contributed by atoms with Gasteiger partial charge in [-0.05, 0) is 35.1 Å². The predicted octanol–water partition coefficient (Wildman–Crippen LogP) is 4.31. The van der Waals surface area contributed by atoms with Crippen LogP contribution in [0.4, 0.5) is 4.79 Å². The zero-order valence-corrected chi connectivity index (χ0v) is 19.2. The van der Waals surface area contributed by atoms with Gasteiger partial charge >= 0.3 is 12.1 Å². The molecule has 7 nitrogen and oxygen atoms in total. The number of fused-ring (bicyclic) bond motifs is 3. The molecule has 1 unspecified atom stereocenters. The van der Waals surface area contributed by atoms with Gasteiger partial charge in [0.05, 0.1) is 5.92 Å². The second-order valence-electron chi connectivity index (χ2n) is 8.41. The van der Waals surface area contributed by atoms with Crippen molar-refractivity contribution in [1.82, 2.24) is 10.6 Å². The van der Waals surface area contributed by atoms with E-state index in [1.807, 2.05) is 38.1 Å². The van der Waals surface area contributed by atoms with Gasteiger partial charge in [0, 0.05) is 24.9 Å². The maximum absolute atomic E-state index is 12.5. The van der Waals surface area contributed by atoms with Crippen LogP contribution in [0.2, 0.25) is 0 Å². The Morgan fingerprint density at radius 1 is 1.00 bits per heavy atom. The first kappa shape index (κ1) is 24.3. The second-order valence-corrected chi connectivity index (χ2v) is 8.41. The van der Waals surface area contributed by atoms with Gasteiger partial charge in [0.1, 0.15) is 6.61 Å². The van der Waals surface area contributed by atoms with Gasteiger partial charge in [-0.2, -0.15) is 0 Å². The molecule has 0 saturated heterocycles. The maximum Gasteiger partial charge on any atom is 0.407 e. The van der Waals surface area contributed by atoms with Gasteiger partial charge in [0.15, 0.2) is 0 Å². The highest BCUT2D eigenvalue weighted by atomic mass is 16.5. The number of rotatable bonds is 11. The second kappa shape index (κ2) is 11.5. The molecule has 1 aliphatic rings. The van der Waals surface area contributed by atoms with Crippen molar-refractivity contribution in [2.24, 2.45) is 5.92 Å². The third-order valence-corrected chi connectivity index (χ3v) is 6.12. The van der Waals surface area contributed by atoms with Gasteiger partial charge in [-0.3, -0.25) is 9.59 Å². The standard InChI is InChI=1S/C26H32N2O5/c1-3-9-17(25(30)31)15-27-24(29)14-18(4-2)28-26(32)33-16-23-21-12-7-5-10-19(21)20-11-6-8-13-22(20)23/h5-8,10-13,17-18,23H,3-4,9,14-16H2,1-2H3,(H,27,29)(H,28,32)(H,30,31)/t17?,18-/m0/s1. The number of alkyl carbamates (subject to hydrolysis) is 1. The Labute approximate surface area is 194 Å². The lowest BCUT2D eigenvalue weighted by atomic mass is 9.98. The van der Waals surface area contributed by atoms with Crippen LogP contribution in [-0.2, 0) is 14.3 Å². The number of benzene rings is 2. The molecular formula is C26H32N2O5. The third kappa shape index (κ3) is 6.12. The molecule has 3 rings (SSSR count). The number of amides is 2. The largest absolute Gasteiger partial charge is 0.481 e. The Bertz CT molecular complexity index is 945. The van der Waals surface area contributed by atoms with Crippen LogP contribution in [0.5, 0.6) is 0 Å². The first-order valence-electron chi connectivity index (χ1n) is 11.6. The molecule has 0 aliphatic heterocycles. The summed E-state index contributed by atoms with van der Waals surface area (Å²) in [5.74, 6) is -1.84. The van der Waals surface area contributed by atoms with E-state index < -0.39 is 24.0 Å². The van der Waals surface area contributed by atoms with Crippen molar-refractivity contribution >= 4 is 18.0 Å². The van der Waals surface area contributed by atoms with Gasteiger partial charge in [0.2, 0.25) is 5.91 Å². The van der Waals surface area contributed by atoms with E-state index in [0.717, 1.165) is 28.7 Å². The van der Waals surface area contributed by atoms with Crippen molar-refractivity contribution in [2.75, 3.05) is 13.2 Å². The zero-order valence-electron chi connectivity index (χ0n) is 19.2. The fraction of sp³-hybridized carbons (Fsp3) is 0.423. The molecule has 0 heterocycles. The molecule has 7 heteroatoms. The molecule has 0 fully saturated rings. The summed E-state index contributed by atoms with van der Waals surface area (Å²) in [5, 5.41) is 14.7. The van der Waals surface area contributed by atoms with Crippen LogP contribution in [0, 0.1) is 5.92 Å². The van der Waals surface area contributed by atoms with Crippen molar-refractivity contribution in [1.29, 1.82) is 0 Å². The first-order valence-corrected chi connectivity index (χ1v) is 11.6. The Kier molecular flexibility index (Phi) is 8.46. The number of carboxylic acids is 1. The normalized spacial score (nSPS) is 14.0. The topological polar surface area (TPSA) is 105 Å². The van der Waals surface area contributed by atoms with E-state index in [1.165, 1.54) is 0 Å². The average Bonchev–Trinajstić information content (AvgIpc) is 3.13. The third-order valence-electron chi connectivity index (χ3n) is 6.12. The van der Waals surface area contributed by atoms with Crippen molar-refractivity contribution in [3.63, 3.8) is 0 Å². The van der Waals surface area contributed by atoms with Gasteiger partial charge in [-0.1, -0.05) is 68.8 Å². The van der Waals surface area contributed by atoms with Crippen LogP contribution in [-0.4, -0.2) is 42.3 Å². The van der Waals surface area contributed by atoms with E-state index in [9.17, 15) is 19.5 Å². The van der Waals surface area contributed by atoms with Gasteiger partial charge in [0.25, 0.3) is 0 Å². The van der Waals surface area contributed by atoms with Crippen molar-refractivity contribution in [2.45, 2.75) is 51.5 Å². The molecule has 1 aliphatic carbocycles. The Hall–Kier alpha value is -3.35. The molecule has 0 aromatic heterocycles. The van der Waals surface area contributed by atoms with E-state index >= 15 is 0 Å². The summed E-state index contributed by atoms with van der Waals surface area (Å²) in [5.41, 5.74) is 4.59. The van der Waals surface area contributed by atoms with E-state index in [-0.39, 0.29) is 31.4 Å². The molecule has 0 spiro atoms. The Morgan fingerprint density at radius 3 is 2.15 bits per heavy atom.